The molecular weight excluding hydrogens is 867 g/mol. The van der Waals surface area contributed by atoms with Gasteiger partial charge in [-0.15, -0.1) is 0 Å². The molecule has 0 saturated heterocycles. The van der Waals surface area contributed by atoms with E-state index >= 15 is 0 Å². The van der Waals surface area contributed by atoms with E-state index in [-0.39, 0.29) is 17.8 Å². The summed E-state index contributed by atoms with van der Waals surface area (Å²) < 4.78 is 42.6. The van der Waals surface area contributed by atoms with Gasteiger partial charge in [-0.25, -0.2) is 0 Å². The van der Waals surface area contributed by atoms with E-state index in [1.54, 1.807) is 0 Å². The fourth-order valence-electron chi connectivity index (χ4n) is 8.64. The number of rotatable bonds is 17. The Morgan fingerprint density at radius 3 is 1.27 bits per heavy atom. The molecule has 1 aliphatic rings. The van der Waals surface area contributed by atoms with Crippen LogP contribution in [-0.2, 0) is 4.52 Å². The van der Waals surface area contributed by atoms with E-state index in [0.29, 0.717) is 17.4 Å². The fraction of sp³-hybridized carbons (Fsp3) is 0.288. The van der Waals surface area contributed by atoms with Crippen LogP contribution in [0.3, 0.4) is 0 Å². The summed E-state index contributed by atoms with van der Waals surface area (Å²) in [5, 5.41) is 4.08. The first-order valence-electron chi connectivity index (χ1n) is 23.7. The lowest BCUT2D eigenvalue weighted by molar-refractivity contribution is 0.309. The molecule has 0 aliphatic heterocycles. The number of fused-ring (bicyclic) bond motifs is 2. The first-order valence-corrected chi connectivity index (χ1v) is 25.9. The Hall–Kier alpha value is -5.80. The van der Waals surface area contributed by atoms with Crippen LogP contribution in [0, 0.1) is 26.7 Å². The quantitative estimate of drug-likeness (QED) is 0.0848. The highest BCUT2D eigenvalue weighted by Crippen LogP contribution is 2.55. The molecule has 0 fully saturated rings. The van der Waals surface area contributed by atoms with Gasteiger partial charge in [0.15, 0.2) is 0 Å². The zero-order chi connectivity index (χ0) is 47.4. The molecule has 8 rings (SSSR count). The summed E-state index contributed by atoms with van der Waals surface area (Å²) in [6.07, 6.45) is 6.03. The van der Waals surface area contributed by atoms with Crippen LogP contribution >= 0.6 is 17.2 Å². The summed E-state index contributed by atoms with van der Waals surface area (Å²) in [4.78, 5) is 0. The number of benzene rings is 7. The summed E-state index contributed by atoms with van der Waals surface area (Å²) in [7, 11) is -4.14. The van der Waals surface area contributed by atoms with Gasteiger partial charge in [-0.1, -0.05) is 165 Å². The Kier molecular flexibility index (Phi) is 15.0. The Morgan fingerprint density at radius 2 is 0.866 bits per heavy atom. The zero-order valence-corrected chi connectivity index (χ0v) is 42.6. The van der Waals surface area contributed by atoms with Crippen LogP contribution in [0.4, 0.5) is 0 Å². The molecule has 0 amide bonds. The Bertz CT molecular complexity index is 2890. The average molecular weight is 931 g/mol. The third-order valence-corrected chi connectivity index (χ3v) is 14.4. The van der Waals surface area contributed by atoms with Crippen LogP contribution in [0.5, 0.6) is 28.7 Å². The number of hydrogen-bond acceptors (Lipinski definition) is 6. The molecule has 67 heavy (non-hydrogen) atoms. The largest absolute Gasteiger partial charge is 0.530 e. The minimum absolute atomic E-state index is 0.206. The second-order valence-corrected chi connectivity index (χ2v) is 20.7. The van der Waals surface area contributed by atoms with E-state index in [1.165, 1.54) is 0 Å². The maximum absolute atomic E-state index is 7.28. The van der Waals surface area contributed by atoms with Crippen molar-refractivity contribution in [2.24, 2.45) is 5.92 Å². The molecular formula is C59H64O6P2. The molecule has 0 spiro atoms. The second-order valence-electron chi connectivity index (χ2n) is 18.7. The van der Waals surface area contributed by atoms with Crippen LogP contribution < -0.4 is 22.6 Å². The maximum atomic E-state index is 7.28. The Labute approximate surface area is 401 Å². The highest BCUT2D eigenvalue weighted by Gasteiger charge is 2.31. The molecule has 346 valence electrons. The lowest BCUT2D eigenvalue weighted by Crippen LogP contribution is -2.09. The van der Waals surface area contributed by atoms with Crippen LogP contribution in [-0.4, -0.2) is 0 Å². The third kappa shape index (κ3) is 11.0. The van der Waals surface area contributed by atoms with Crippen molar-refractivity contribution in [3.8, 4) is 39.9 Å². The highest BCUT2D eigenvalue weighted by molar-refractivity contribution is 7.43. The molecule has 0 bridgehead atoms. The molecule has 0 aromatic heterocycles. The van der Waals surface area contributed by atoms with E-state index in [4.69, 9.17) is 27.1 Å². The van der Waals surface area contributed by atoms with Crippen LogP contribution in [0.2, 0.25) is 0 Å². The second kappa shape index (κ2) is 21.0. The molecule has 0 radical (unpaired) electrons. The summed E-state index contributed by atoms with van der Waals surface area (Å²) in [5.74, 6) is 5.27. The van der Waals surface area contributed by atoms with Gasteiger partial charge < -0.3 is 27.1 Å². The van der Waals surface area contributed by atoms with Gasteiger partial charge in [-0.2, -0.15) is 0 Å². The summed E-state index contributed by atoms with van der Waals surface area (Å²) >= 11 is 0. The molecule has 2 unspecified atom stereocenters. The molecule has 1 aliphatic carbocycles. The van der Waals surface area contributed by atoms with E-state index in [2.05, 4.69) is 204 Å². The standard InChI is InChI=1S/C59H64O6P2/c1-12-44-25-21-40(8)33-54(44)62-66(63-55-34-41(9)22-28-47(55)37(2)3)60-52-31-26-45-17-13-15-19-50(45)58(52)59-51-20-16-14-18-46(51)27-32-53(59)61-67(64-56-35-42(10)23-29-48(56)38(4)5)65-57-36-43(11)24-30-49(57)39(6)7/h13-32,34-40H,12,33H2,1-11H3. The molecule has 8 heteroatoms. The van der Waals surface area contributed by atoms with Crippen LogP contribution in [0.1, 0.15) is 119 Å². The van der Waals surface area contributed by atoms with Gasteiger partial charge in [0.25, 0.3) is 0 Å². The van der Waals surface area contributed by atoms with Crippen molar-refractivity contribution in [3.63, 3.8) is 0 Å². The molecule has 2 atom stereocenters. The van der Waals surface area contributed by atoms with Gasteiger partial charge >= 0.3 is 17.2 Å². The van der Waals surface area contributed by atoms with E-state index in [9.17, 15) is 0 Å². The predicted molar refractivity (Wildman–Crippen MR) is 281 cm³/mol. The van der Waals surface area contributed by atoms with Crippen molar-refractivity contribution < 1.29 is 27.1 Å². The molecule has 0 N–H and O–H groups in total. The SMILES string of the molecule is CCC1=C(OP(Oc2cc(C)ccc2C(C)C)Oc2ccc3ccccc3c2-c2c(OP(Oc3cc(C)ccc3C(C)C)Oc3cc(C)ccc3C(C)C)ccc3ccccc23)CC(C)C=C1. The average Bonchev–Trinajstić information content (AvgIpc) is 3.29. The van der Waals surface area contributed by atoms with Gasteiger partial charge in [-0.05, 0) is 142 Å². The van der Waals surface area contributed by atoms with Crippen LogP contribution in [0.25, 0.3) is 32.7 Å². The van der Waals surface area contributed by atoms with E-state index in [1.807, 2.05) is 12.1 Å². The monoisotopic (exact) mass is 930 g/mol. The molecule has 7 aromatic carbocycles. The Morgan fingerprint density at radius 1 is 0.478 bits per heavy atom. The molecule has 0 heterocycles. The Balaban J connectivity index is 1.32. The van der Waals surface area contributed by atoms with Crippen molar-refractivity contribution >= 4 is 38.7 Å². The molecule has 6 nitrogen and oxygen atoms in total. The topological polar surface area (TPSA) is 55.4 Å². The van der Waals surface area contributed by atoms with E-state index < -0.39 is 17.2 Å². The zero-order valence-electron chi connectivity index (χ0n) is 40.8. The smallest absolute Gasteiger partial charge is 0.413 e. The lowest BCUT2D eigenvalue weighted by atomic mass is 9.92. The van der Waals surface area contributed by atoms with Gasteiger partial charge in [0.05, 0.1) is 0 Å². The minimum Gasteiger partial charge on any atom is -0.413 e. The highest BCUT2D eigenvalue weighted by atomic mass is 31.2. The molecule has 0 saturated carbocycles. The number of aryl methyl sites for hydroxylation is 3. The van der Waals surface area contributed by atoms with Crippen molar-refractivity contribution in [3.05, 3.63) is 184 Å². The number of allylic oxidation sites excluding steroid dienone is 4. The predicted octanol–water partition coefficient (Wildman–Crippen LogP) is 18.7. The third-order valence-electron chi connectivity index (χ3n) is 12.3. The van der Waals surface area contributed by atoms with Crippen molar-refractivity contribution in [1.82, 2.24) is 0 Å². The summed E-state index contributed by atoms with van der Waals surface area (Å²) in [6.45, 7) is 23.7. The van der Waals surface area contributed by atoms with E-state index in [0.717, 1.165) is 107 Å². The van der Waals surface area contributed by atoms with Gasteiger partial charge in [0.1, 0.15) is 34.5 Å². The van der Waals surface area contributed by atoms with Gasteiger partial charge in [0, 0.05) is 17.5 Å². The van der Waals surface area contributed by atoms with Gasteiger partial charge in [-0.3, -0.25) is 0 Å². The normalized spacial score (nSPS) is 14.4. The summed E-state index contributed by atoms with van der Waals surface area (Å²) in [6, 6.07) is 44.2. The maximum Gasteiger partial charge on any atom is 0.530 e. The summed E-state index contributed by atoms with van der Waals surface area (Å²) in [5.41, 5.74) is 9.36. The van der Waals surface area contributed by atoms with Gasteiger partial charge in [0.2, 0.25) is 0 Å². The number of hydrogen-bond donors (Lipinski definition) is 0. The van der Waals surface area contributed by atoms with Crippen molar-refractivity contribution in [2.75, 3.05) is 0 Å². The lowest BCUT2D eigenvalue weighted by Gasteiger charge is -2.27. The van der Waals surface area contributed by atoms with Crippen molar-refractivity contribution in [1.29, 1.82) is 0 Å². The first-order chi connectivity index (χ1) is 32.3. The van der Waals surface area contributed by atoms with Crippen LogP contribution in [0.15, 0.2) is 151 Å². The fourth-order valence-corrected chi connectivity index (χ4v) is 10.8. The first kappa shape index (κ1) is 47.7. The van der Waals surface area contributed by atoms with Crippen molar-refractivity contribution in [2.45, 2.75) is 107 Å². The molecule has 7 aromatic rings. The minimum atomic E-state index is -2.10.